The van der Waals surface area contributed by atoms with Crippen molar-refractivity contribution in [2.45, 2.75) is 6.54 Å². The minimum Gasteiger partial charge on any atom is -0.326 e. The Hall–Kier alpha value is -0.640. The number of hydrogen-bond donors (Lipinski definition) is 1. The van der Waals surface area contributed by atoms with Gasteiger partial charge in [-0.3, -0.25) is 0 Å². The van der Waals surface area contributed by atoms with Gasteiger partial charge in [0.1, 0.15) is 0 Å². The van der Waals surface area contributed by atoms with Gasteiger partial charge >= 0.3 is 0 Å². The summed E-state index contributed by atoms with van der Waals surface area (Å²) in [7, 11) is 0. The van der Waals surface area contributed by atoms with Crippen molar-refractivity contribution in [3.8, 4) is 0 Å². The molecule has 0 saturated carbocycles. The van der Waals surface area contributed by atoms with E-state index in [4.69, 9.17) is 17.3 Å². The fourth-order valence-corrected chi connectivity index (χ4v) is 2.17. The van der Waals surface area contributed by atoms with Gasteiger partial charge in [0.05, 0.1) is 4.70 Å². The van der Waals surface area contributed by atoms with Crippen molar-refractivity contribution < 1.29 is 0 Å². The molecule has 2 N–H and O–H groups in total. The first-order chi connectivity index (χ1) is 5.81. The number of nitrogens with zero attached hydrogens (tertiary/aromatic N) is 1. The smallest absolute Gasteiger partial charge is 0.0595 e. The summed E-state index contributed by atoms with van der Waals surface area (Å²) in [6, 6.07) is 3.79. The van der Waals surface area contributed by atoms with Crippen LogP contribution in [0.25, 0.3) is 10.1 Å². The lowest BCUT2D eigenvalue weighted by atomic mass is 10.2. The number of fused-ring (bicyclic) bond motifs is 1. The molecule has 2 nitrogen and oxygen atoms in total. The Morgan fingerprint density at radius 1 is 1.50 bits per heavy atom. The van der Waals surface area contributed by atoms with Crippen molar-refractivity contribution >= 4 is 33.2 Å². The Morgan fingerprint density at radius 2 is 2.33 bits per heavy atom. The minimum atomic E-state index is 0.513. The highest BCUT2D eigenvalue weighted by molar-refractivity contribution is 7.13. The lowest BCUT2D eigenvalue weighted by Crippen LogP contribution is -1.95. The maximum atomic E-state index is 5.88. The first-order valence-corrected chi connectivity index (χ1v) is 4.69. The molecule has 0 fully saturated rings. The van der Waals surface area contributed by atoms with E-state index < -0.39 is 0 Å². The lowest BCUT2D eigenvalue weighted by molar-refractivity contribution is 1.09. The van der Waals surface area contributed by atoms with E-state index in [1.807, 2.05) is 18.3 Å². The molecule has 2 aromatic rings. The Morgan fingerprint density at radius 3 is 3.08 bits per heavy atom. The SMILES string of the molecule is NCc1cc(Cl)cc2cnsc12. The number of aromatic nitrogens is 1. The van der Waals surface area contributed by atoms with Gasteiger partial charge in [0, 0.05) is 23.2 Å². The molecule has 0 bridgehead atoms. The van der Waals surface area contributed by atoms with Crippen LogP contribution in [0.3, 0.4) is 0 Å². The molecule has 0 atom stereocenters. The van der Waals surface area contributed by atoms with E-state index in [2.05, 4.69) is 4.37 Å². The van der Waals surface area contributed by atoms with Gasteiger partial charge in [-0.1, -0.05) is 11.6 Å². The second kappa shape index (κ2) is 3.01. The molecule has 2 rings (SSSR count). The molecule has 0 amide bonds. The fraction of sp³-hybridized carbons (Fsp3) is 0.125. The summed E-state index contributed by atoms with van der Waals surface area (Å²) in [5.74, 6) is 0. The van der Waals surface area contributed by atoms with E-state index in [0.29, 0.717) is 6.54 Å². The van der Waals surface area contributed by atoms with E-state index in [-0.39, 0.29) is 0 Å². The van der Waals surface area contributed by atoms with Crippen LogP contribution in [0.4, 0.5) is 0 Å². The van der Waals surface area contributed by atoms with Gasteiger partial charge in [-0.05, 0) is 29.2 Å². The molecule has 0 spiro atoms. The molecule has 1 aromatic heterocycles. The molecule has 0 saturated heterocycles. The highest BCUT2D eigenvalue weighted by Crippen LogP contribution is 2.26. The molecule has 0 radical (unpaired) electrons. The predicted octanol–water partition coefficient (Wildman–Crippen LogP) is 2.41. The Labute approximate surface area is 79.1 Å². The minimum absolute atomic E-state index is 0.513. The summed E-state index contributed by atoms with van der Waals surface area (Å²) in [6.45, 7) is 0.513. The van der Waals surface area contributed by atoms with Gasteiger partial charge in [0.2, 0.25) is 0 Å². The lowest BCUT2D eigenvalue weighted by Gasteiger charge is -1.98. The third-order valence-electron chi connectivity index (χ3n) is 1.72. The van der Waals surface area contributed by atoms with Gasteiger partial charge in [0.25, 0.3) is 0 Å². The Balaban J connectivity index is 2.80. The first-order valence-electron chi connectivity index (χ1n) is 3.54. The summed E-state index contributed by atoms with van der Waals surface area (Å²) in [5.41, 5.74) is 6.63. The van der Waals surface area contributed by atoms with E-state index in [1.165, 1.54) is 11.5 Å². The highest BCUT2D eigenvalue weighted by Gasteiger charge is 2.03. The molecule has 12 heavy (non-hydrogen) atoms. The van der Waals surface area contributed by atoms with Crippen LogP contribution in [-0.2, 0) is 6.54 Å². The normalized spacial score (nSPS) is 10.8. The molecule has 0 unspecified atom stereocenters. The topological polar surface area (TPSA) is 38.9 Å². The summed E-state index contributed by atoms with van der Waals surface area (Å²) in [4.78, 5) is 0. The second-order valence-corrected chi connectivity index (χ2v) is 3.75. The zero-order valence-corrected chi connectivity index (χ0v) is 7.82. The van der Waals surface area contributed by atoms with Crippen molar-refractivity contribution in [3.05, 3.63) is 28.9 Å². The van der Waals surface area contributed by atoms with E-state index in [1.54, 1.807) is 0 Å². The van der Waals surface area contributed by atoms with Crippen LogP contribution in [0, 0.1) is 0 Å². The Kier molecular flexibility index (Phi) is 2.00. The van der Waals surface area contributed by atoms with Crippen molar-refractivity contribution in [2.75, 3.05) is 0 Å². The zero-order chi connectivity index (χ0) is 8.55. The summed E-state index contributed by atoms with van der Waals surface area (Å²) >= 11 is 7.34. The molecule has 4 heteroatoms. The van der Waals surface area contributed by atoms with Crippen molar-refractivity contribution in [2.24, 2.45) is 5.73 Å². The van der Waals surface area contributed by atoms with Gasteiger partial charge < -0.3 is 5.73 Å². The summed E-state index contributed by atoms with van der Waals surface area (Å²) in [6.07, 6.45) is 1.81. The predicted molar refractivity (Wildman–Crippen MR) is 52.5 cm³/mol. The number of rotatable bonds is 1. The Bertz CT molecular complexity index is 410. The van der Waals surface area contributed by atoms with E-state index in [9.17, 15) is 0 Å². The standard InChI is InChI=1S/C8H7ClN2S/c9-7-1-5(3-10)8-6(2-7)4-11-12-8/h1-2,4H,3,10H2. The number of benzene rings is 1. The average Bonchev–Trinajstić information content (AvgIpc) is 2.50. The van der Waals surface area contributed by atoms with Gasteiger partial charge in [-0.15, -0.1) is 0 Å². The quantitative estimate of drug-likeness (QED) is 0.765. The molecule has 0 aliphatic rings. The van der Waals surface area contributed by atoms with E-state index in [0.717, 1.165) is 20.7 Å². The van der Waals surface area contributed by atoms with Gasteiger partial charge in [0.15, 0.2) is 0 Å². The van der Waals surface area contributed by atoms with Crippen LogP contribution >= 0.6 is 23.1 Å². The van der Waals surface area contributed by atoms with Crippen LogP contribution in [0.1, 0.15) is 5.56 Å². The molecular formula is C8H7ClN2S. The zero-order valence-electron chi connectivity index (χ0n) is 6.25. The molecular weight excluding hydrogens is 192 g/mol. The molecule has 62 valence electrons. The van der Waals surface area contributed by atoms with Crippen LogP contribution in [0.15, 0.2) is 18.3 Å². The second-order valence-electron chi connectivity index (χ2n) is 2.51. The van der Waals surface area contributed by atoms with Crippen LogP contribution in [-0.4, -0.2) is 4.37 Å². The number of hydrogen-bond acceptors (Lipinski definition) is 3. The number of nitrogens with two attached hydrogens (primary N) is 1. The summed E-state index contributed by atoms with van der Waals surface area (Å²) in [5, 5.41) is 1.80. The maximum absolute atomic E-state index is 5.88. The maximum Gasteiger partial charge on any atom is 0.0595 e. The van der Waals surface area contributed by atoms with Crippen molar-refractivity contribution in [1.82, 2.24) is 4.37 Å². The molecule has 0 aliphatic heterocycles. The number of halogens is 1. The van der Waals surface area contributed by atoms with Crippen molar-refractivity contribution in [1.29, 1.82) is 0 Å². The van der Waals surface area contributed by atoms with Crippen molar-refractivity contribution in [3.63, 3.8) is 0 Å². The highest BCUT2D eigenvalue weighted by atomic mass is 35.5. The third kappa shape index (κ3) is 1.20. The first kappa shape index (κ1) is 7.98. The average molecular weight is 199 g/mol. The largest absolute Gasteiger partial charge is 0.326 e. The molecule has 0 aliphatic carbocycles. The van der Waals surface area contributed by atoms with Crippen LogP contribution in [0.2, 0.25) is 5.02 Å². The van der Waals surface area contributed by atoms with E-state index >= 15 is 0 Å². The monoisotopic (exact) mass is 198 g/mol. The van der Waals surface area contributed by atoms with Gasteiger partial charge in [-0.25, -0.2) is 0 Å². The van der Waals surface area contributed by atoms with Crippen LogP contribution < -0.4 is 5.73 Å². The molecule has 1 aromatic carbocycles. The molecule has 1 heterocycles. The van der Waals surface area contributed by atoms with Gasteiger partial charge in [-0.2, -0.15) is 4.37 Å². The fourth-order valence-electron chi connectivity index (χ4n) is 1.17. The summed E-state index contributed by atoms with van der Waals surface area (Å²) < 4.78 is 5.22. The third-order valence-corrected chi connectivity index (χ3v) is 2.82. The van der Waals surface area contributed by atoms with Crippen LogP contribution in [0.5, 0.6) is 0 Å².